The summed E-state index contributed by atoms with van der Waals surface area (Å²) in [6.07, 6.45) is -3.00. The molecule has 2 heterocycles. The molecule has 0 saturated carbocycles. The minimum Gasteiger partial charge on any atom is -0.498 e. The van der Waals surface area contributed by atoms with Gasteiger partial charge in [0.1, 0.15) is 17.5 Å². The Morgan fingerprint density at radius 3 is 2.56 bits per heavy atom. The van der Waals surface area contributed by atoms with Crippen LogP contribution >= 0.6 is 0 Å². The number of allylic oxidation sites excluding steroid dienone is 1. The molecule has 1 aliphatic carbocycles. The first-order valence-electron chi connectivity index (χ1n) is 7.98. The predicted molar refractivity (Wildman–Crippen MR) is 80.8 cm³/mol. The third kappa shape index (κ3) is 2.90. The molecule has 2 saturated heterocycles. The van der Waals surface area contributed by atoms with Gasteiger partial charge in [0.2, 0.25) is 0 Å². The van der Waals surface area contributed by atoms with E-state index in [4.69, 9.17) is 18.9 Å². The van der Waals surface area contributed by atoms with Crippen LogP contribution in [0.15, 0.2) is 23.5 Å². The first kappa shape index (κ1) is 18.4. The highest BCUT2D eigenvalue weighted by Crippen LogP contribution is 2.59. The number of halogens is 3. The van der Waals surface area contributed by atoms with Crippen LogP contribution in [0.1, 0.15) is 20.3 Å². The number of ether oxygens (including phenoxy) is 4. The number of epoxide rings is 2. The van der Waals surface area contributed by atoms with Crippen molar-refractivity contribution in [2.24, 2.45) is 5.92 Å². The highest BCUT2D eigenvalue weighted by molar-refractivity contribution is 5.96. The molecule has 0 radical (unpaired) electrons. The zero-order valence-electron chi connectivity index (χ0n) is 14.5. The van der Waals surface area contributed by atoms with E-state index in [1.165, 1.54) is 20.3 Å². The van der Waals surface area contributed by atoms with Gasteiger partial charge in [-0.1, -0.05) is 6.08 Å². The molecule has 0 aromatic heterocycles. The molecule has 0 aromatic rings. The van der Waals surface area contributed by atoms with E-state index in [-0.39, 0.29) is 12.2 Å². The van der Waals surface area contributed by atoms with Gasteiger partial charge in [-0.2, -0.15) is 13.2 Å². The lowest BCUT2D eigenvalue weighted by Gasteiger charge is -2.36. The molecule has 0 aromatic carbocycles. The quantitative estimate of drug-likeness (QED) is 0.556. The van der Waals surface area contributed by atoms with E-state index < -0.39 is 41.1 Å². The van der Waals surface area contributed by atoms with Crippen molar-refractivity contribution in [2.45, 2.75) is 49.9 Å². The molecule has 1 spiro atoms. The van der Waals surface area contributed by atoms with Gasteiger partial charge in [-0.25, -0.2) is 0 Å². The van der Waals surface area contributed by atoms with E-state index in [0.29, 0.717) is 12.4 Å². The van der Waals surface area contributed by atoms with Crippen LogP contribution in [0.2, 0.25) is 0 Å². The predicted octanol–water partition coefficient (Wildman–Crippen LogP) is 2.56. The Balaban J connectivity index is 1.83. The van der Waals surface area contributed by atoms with Crippen molar-refractivity contribution in [1.29, 1.82) is 0 Å². The van der Waals surface area contributed by atoms with Crippen molar-refractivity contribution in [2.75, 3.05) is 20.8 Å². The second kappa shape index (κ2) is 5.82. The number of rotatable bonds is 5. The maximum absolute atomic E-state index is 12.6. The van der Waals surface area contributed by atoms with E-state index in [1.54, 1.807) is 6.92 Å². The van der Waals surface area contributed by atoms with Gasteiger partial charge in [-0.05, 0) is 20.3 Å². The molecule has 0 bridgehead atoms. The number of carbonyl (C=O) groups is 1. The Hall–Kier alpha value is -1.38. The summed E-state index contributed by atoms with van der Waals surface area (Å²) in [5.74, 6) is -0.335. The molecule has 2 aliphatic heterocycles. The molecule has 5 nitrogen and oxygen atoms in total. The summed E-state index contributed by atoms with van der Waals surface area (Å²) in [6.45, 7) is 3.16. The second-order valence-corrected chi connectivity index (χ2v) is 6.84. The highest BCUT2D eigenvalue weighted by Gasteiger charge is 2.74. The summed E-state index contributed by atoms with van der Waals surface area (Å²) in [6, 6.07) is 0. The molecular weight excluding hydrogens is 341 g/mol. The largest absolute Gasteiger partial charge is 0.498 e. The number of hydrogen-bond acceptors (Lipinski definition) is 5. The Kier molecular flexibility index (Phi) is 4.29. The molecule has 3 aliphatic rings. The molecule has 140 valence electrons. The average Bonchev–Trinajstić information content (AvgIpc) is 3.44. The zero-order valence-corrected chi connectivity index (χ0v) is 14.5. The Labute approximate surface area is 143 Å². The van der Waals surface area contributed by atoms with E-state index >= 15 is 0 Å². The van der Waals surface area contributed by atoms with Crippen molar-refractivity contribution < 1.29 is 36.9 Å². The normalized spacial score (nSPS) is 40.9. The van der Waals surface area contributed by atoms with Crippen LogP contribution in [0.25, 0.3) is 0 Å². The molecular formula is C17H21F3O5. The summed E-state index contributed by atoms with van der Waals surface area (Å²) in [7, 11) is 2.88. The molecule has 0 amide bonds. The summed E-state index contributed by atoms with van der Waals surface area (Å²) in [5.41, 5.74) is -2.30. The number of ketones is 1. The number of methoxy groups -OCH3 is 2. The van der Waals surface area contributed by atoms with Crippen LogP contribution in [-0.2, 0) is 23.7 Å². The van der Waals surface area contributed by atoms with Crippen LogP contribution in [0.5, 0.6) is 0 Å². The van der Waals surface area contributed by atoms with Gasteiger partial charge in [0.15, 0.2) is 11.4 Å². The van der Waals surface area contributed by atoms with Crippen molar-refractivity contribution >= 4 is 5.78 Å². The van der Waals surface area contributed by atoms with Crippen LogP contribution < -0.4 is 0 Å². The standard InChI is InChI=1S/C17H21F3O5/c1-9(17(18,19)20)5-6-11-15(2,25-11)14-13(23-4)10(21)7-12(22-3)16(14)8-24-16/h5,7,11,13-14H,6,8H2,1-4H3/b9-5+/t11-,13-,14-,15?,16-/m1/s1. The van der Waals surface area contributed by atoms with Gasteiger partial charge < -0.3 is 18.9 Å². The highest BCUT2D eigenvalue weighted by atomic mass is 19.4. The summed E-state index contributed by atoms with van der Waals surface area (Å²) < 4.78 is 60.0. The molecule has 3 rings (SSSR count). The molecule has 1 unspecified atom stereocenters. The van der Waals surface area contributed by atoms with Crippen LogP contribution in [0.4, 0.5) is 13.2 Å². The van der Waals surface area contributed by atoms with Crippen LogP contribution in [0, 0.1) is 5.92 Å². The van der Waals surface area contributed by atoms with Crippen molar-refractivity contribution in [3.05, 3.63) is 23.5 Å². The lowest BCUT2D eigenvalue weighted by atomic mass is 9.71. The van der Waals surface area contributed by atoms with Gasteiger partial charge in [-0.3, -0.25) is 4.79 Å². The fraction of sp³-hybridized carbons (Fsp3) is 0.706. The molecule has 2 fully saturated rings. The Morgan fingerprint density at radius 2 is 2.08 bits per heavy atom. The van der Waals surface area contributed by atoms with Crippen molar-refractivity contribution in [1.82, 2.24) is 0 Å². The molecule has 5 atom stereocenters. The fourth-order valence-electron chi connectivity index (χ4n) is 3.77. The van der Waals surface area contributed by atoms with E-state index in [2.05, 4.69) is 0 Å². The maximum atomic E-state index is 12.6. The summed E-state index contributed by atoms with van der Waals surface area (Å²) in [5, 5.41) is 0. The SMILES string of the molecule is COC1=CC(=O)[C@@H](OC)[C@H](C2(C)O[C@@H]2C/C=C(\C)C(F)(F)F)[C@@]12CO2. The van der Waals surface area contributed by atoms with Gasteiger partial charge in [-0.15, -0.1) is 0 Å². The lowest BCUT2D eigenvalue weighted by Crippen LogP contribution is -2.53. The van der Waals surface area contributed by atoms with E-state index in [0.717, 1.165) is 13.0 Å². The summed E-state index contributed by atoms with van der Waals surface area (Å²) >= 11 is 0. The minimum absolute atomic E-state index is 0.102. The first-order chi connectivity index (χ1) is 11.6. The van der Waals surface area contributed by atoms with Crippen molar-refractivity contribution in [3.63, 3.8) is 0 Å². The van der Waals surface area contributed by atoms with E-state index in [1.807, 2.05) is 0 Å². The fourth-order valence-corrected chi connectivity index (χ4v) is 3.77. The number of hydrogen-bond donors (Lipinski definition) is 0. The Bertz CT molecular complexity index is 635. The van der Waals surface area contributed by atoms with Gasteiger partial charge in [0.05, 0.1) is 25.7 Å². The minimum atomic E-state index is -4.35. The molecule has 0 N–H and O–H groups in total. The first-order valence-corrected chi connectivity index (χ1v) is 7.98. The van der Waals surface area contributed by atoms with E-state index in [9.17, 15) is 18.0 Å². The monoisotopic (exact) mass is 362 g/mol. The average molecular weight is 362 g/mol. The van der Waals surface area contributed by atoms with Crippen LogP contribution in [-0.4, -0.2) is 56.2 Å². The van der Waals surface area contributed by atoms with Gasteiger partial charge >= 0.3 is 6.18 Å². The van der Waals surface area contributed by atoms with Crippen LogP contribution in [0.3, 0.4) is 0 Å². The number of carbonyl (C=O) groups excluding carboxylic acids is 1. The molecule has 8 heteroatoms. The Morgan fingerprint density at radius 1 is 1.44 bits per heavy atom. The topological polar surface area (TPSA) is 60.6 Å². The summed E-state index contributed by atoms with van der Waals surface area (Å²) in [4.78, 5) is 12.3. The van der Waals surface area contributed by atoms with Crippen molar-refractivity contribution in [3.8, 4) is 0 Å². The smallest absolute Gasteiger partial charge is 0.412 e. The van der Waals surface area contributed by atoms with Gasteiger partial charge in [0, 0.05) is 18.8 Å². The second-order valence-electron chi connectivity index (χ2n) is 6.84. The maximum Gasteiger partial charge on any atom is 0.412 e. The zero-order chi connectivity index (χ0) is 18.6. The number of alkyl halides is 3. The molecule has 25 heavy (non-hydrogen) atoms. The third-order valence-corrected chi connectivity index (χ3v) is 5.39. The third-order valence-electron chi connectivity index (χ3n) is 5.39. The lowest BCUT2D eigenvalue weighted by molar-refractivity contribution is -0.134. The van der Waals surface area contributed by atoms with Gasteiger partial charge in [0.25, 0.3) is 0 Å².